The first-order valence-electron chi connectivity index (χ1n) is 8.73. The van der Waals surface area contributed by atoms with Crippen LogP contribution >= 0.6 is 0 Å². The van der Waals surface area contributed by atoms with Crippen LogP contribution in [0.3, 0.4) is 0 Å². The number of rotatable bonds is 9. The van der Waals surface area contributed by atoms with E-state index in [0.29, 0.717) is 12.2 Å². The zero-order valence-electron chi connectivity index (χ0n) is 15.7. The lowest BCUT2D eigenvalue weighted by Crippen LogP contribution is -2.31. The van der Waals surface area contributed by atoms with Crippen LogP contribution in [-0.4, -0.2) is 36.4 Å². The summed E-state index contributed by atoms with van der Waals surface area (Å²) in [5.41, 5.74) is 10.5. The molecule has 0 aliphatic carbocycles. The number of anilines is 1. The highest BCUT2D eigenvalue weighted by Gasteiger charge is 2.21. The van der Waals surface area contributed by atoms with E-state index >= 15 is 0 Å². The molecule has 0 aromatic heterocycles. The second kappa shape index (κ2) is 9.88. The van der Waals surface area contributed by atoms with Gasteiger partial charge in [-0.2, -0.15) is 0 Å². The third-order valence-electron chi connectivity index (χ3n) is 3.79. The number of nitrogens with two attached hydrogens (primary N) is 2. The zero-order valence-corrected chi connectivity index (χ0v) is 15.7. The number of benzene rings is 2. The molecule has 0 unspecified atom stereocenters. The lowest BCUT2D eigenvalue weighted by atomic mass is 10.1. The van der Waals surface area contributed by atoms with Crippen LogP contribution in [0.5, 0.6) is 5.75 Å². The fourth-order valence-corrected chi connectivity index (χ4v) is 2.37. The van der Waals surface area contributed by atoms with Crippen molar-refractivity contribution in [2.45, 2.75) is 19.4 Å². The summed E-state index contributed by atoms with van der Waals surface area (Å²) in [7, 11) is 0. The number of hydrogen-bond acceptors (Lipinski definition) is 6. The number of nitrogens with one attached hydrogen (secondary N) is 1. The average Bonchev–Trinajstić information content (AvgIpc) is 2.70. The zero-order chi connectivity index (χ0) is 21.4. The Bertz CT molecular complexity index is 881. The van der Waals surface area contributed by atoms with Gasteiger partial charge in [0.2, 0.25) is 11.8 Å². The van der Waals surface area contributed by atoms with Gasteiger partial charge in [0.25, 0.3) is 5.91 Å². The number of carbonyl (C=O) groups is 4. The highest BCUT2D eigenvalue weighted by atomic mass is 16.6. The van der Waals surface area contributed by atoms with Crippen LogP contribution in [-0.2, 0) is 14.3 Å². The van der Waals surface area contributed by atoms with Gasteiger partial charge >= 0.3 is 5.97 Å². The first kappa shape index (κ1) is 21.4. The number of para-hydroxylation sites is 1. The first-order valence-corrected chi connectivity index (χ1v) is 8.73. The van der Waals surface area contributed by atoms with Crippen molar-refractivity contribution in [3.8, 4) is 5.75 Å². The van der Waals surface area contributed by atoms with Crippen molar-refractivity contribution in [3.63, 3.8) is 0 Å². The molecule has 1 atom stereocenters. The molecule has 9 nitrogen and oxygen atoms in total. The number of amides is 3. The minimum atomic E-state index is -0.871. The summed E-state index contributed by atoms with van der Waals surface area (Å²) >= 11 is 0. The molecule has 0 fully saturated rings. The Balaban J connectivity index is 1.97. The van der Waals surface area contributed by atoms with Gasteiger partial charge in [-0.15, -0.1) is 0 Å². The van der Waals surface area contributed by atoms with Crippen LogP contribution < -0.4 is 21.5 Å². The Kier molecular flexibility index (Phi) is 7.30. The summed E-state index contributed by atoms with van der Waals surface area (Å²) in [6.45, 7) is 1.16. The summed E-state index contributed by atoms with van der Waals surface area (Å²) < 4.78 is 10.5. The summed E-state index contributed by atoms with van der Waals surface area (Å²) in [4.78, 5) is 47.0. The number of primary amides is 2. The Labute approximate surface area is 167 Å². The van der Waals surface area contributed by atoms with Crippen molar-refractivity contribution >= 4 is 29.4 Å². The van der Waals surface area contributed by atoms with Gasteiger partial charge in [-0.25, -0.2) is 4.79 Å². The van der Waals surface area contributed by atoms with Crippen LogP contribution in [0.2, 0.25) is 0 Å². The number of esters is 1. The van der Waals surface area contributed by atoms with E-state index in [-0.39, 0.29) is 16.8 Å². The van der Waals surface area contributed by atoms with Gasteiger partial charge in [-0.1, -0.05) is 25.1 Å². The highest BCUT2D eigenvalue weighted by molar-refractivity contribution is 6.02. The molecular formula is C20H21N3O6. The fourth-order valence-electron chi connectivity index (χ4n) is 2.37. The lowest BCUT2D eigenvalue weighted by Gasteiger charge is -2.16. The van der Waals surface area contributed by atoms with Gasteiger partial charge in [-0.3, -0.25) is 14.4 Å². The largest absolute Gasteiger partial charge is 0.479 e. The minimum Gasteiger partial charge on any atom is -0.479 e. The van der Waals surface area contributed by atoms with Gasteiger partial charge in [0.05, 0.1) is 0 Å². The van der Waals surface area contributed by atoms with Crippen LogP contribution in [0.25, 0.3) is 0 Å². The molecule has 0 aliphatic rings. The molecule has 0 radical (unpaired) electrons. The van der Waals surface area contributed by atoms with Crippen molar-refractivity contribution in [1.82, 2.24) is 0 Å². The molecule has 3 amide bonds. The van der Waals surface area contributed by atoms with Crippen LogP contribution in [0, 0.1) is 0 Å². The Morgan fingerprint density at radius 2 is 1.55 bits per heavy atom. The maximum atomic E-state index is 12.2. The van der Waals surface area contributed by atoms with Crippen molar-refractivity contribution in [2.75, 3.05) is 11.9 Å². The summed E-state index contributed by atoms with van der Waals surface area (Å²) in [5, 5.41) is 2.42. The van der Waals surface area contributed by atoms with Gasteiger partial charge in [0.1, 0.15) is 5.75 Å². The molecule has 0 aliphatic heterocycles. The predicted molar refractivity (Wildman–Crippen MR) is 104 cm³/mol. The molecule has 2 aromatic rings. The SMILES string of the molecule is CC[C@H](Oc1ccccc1)C(=O)OCC(=O)Nc1cc(C(N)=O)cc(C(N)=O)c1. The quantitative estimate of drug-likeness (QED) is 0.539. The third kappa shape index (κ3) is 6.35. The maximum absolute atomic E-state index is 12.2. The molecule has 0 saturated heterocycles. The molecule has 29 heavy (non-hydrogen) atoms. The molecule has 152 valence electrons. The molecule has 0 bridgehead atoms. The van der Waals surface area contributed by atoms with Crippen LogP contribution in [0.15, 0.2) is 48.5 Å². The van der Waals surface area contributed by atoms with E-state index < -0.39 is 36.4 Å². The normalized spacial score (nSPS) is 11.2. The summed E-state index contributed by atoms with van der Waals surface area (Å²) in [5.74, 6) is -2.46. The number of ether oxygens (including phenoxy) is 2. The Morgan fingerprint density at radius 1 is 0.966 bits per heavy atom. The molecule has 0 heterocycles. The van der Waals surface area contributed by atoms with E-state index in [1.807, 2.05) is 6.07 Å². The van der Waals surface area contributed by atoms with E-state index in [1.165, 1.54) is 18.2 Å². The lowest BCUT2D eigenvalue weighted by molar-refractivity contribution is -0.154. The van der Waals surface area contributed by atoms with Crippen molar-refractivity contribution in [2.24, 2.45) is 11.5 Å². The Hall–Kier alpha value is -3.88. The Morgan fingerprint density at radius 3 is 2.07 bits per heavy atom. The van der Waals surface area contributed by atoms with E-state index in [4.69, 9.17) is 20.9 Å². The first-order chi connectivity index (χ1) is 13.8. The summed E-state index contributed by atoms with van der Waals surface area (Å²) in [6, 6.07) is 12.5. The van der Waals surface area contributed by atoms with Crippen molar-refractivity contribution < 1.29 is 28.7 Å². The fraction of sp³-hybridized carbons (Fsp3) is 0.200. The predicted octanol–water partition coefficient (Wildman–Crippen LogP) is 1.22. The highest BCUT2D eigenvalue weighted by Crippen LogP contribution is 2.16. The second-order valence-corrected chi connectivity index (χ2v) is 6.01. The van der Waals surface area contributed by atoms with Gasteiger partial charge in [0, 0.05) is 16.8 Å². The monoisotopic (exact) mass is 399 g/mol. The number of carbonyl (C=O) groups excluding carboxylic acids is 4. The molecule has 9 heteroatoms. The molecular weight excluding hydrogens is 378 g/mol. The van der Waals surface area contributed by atoms with Crippen LogP contribution in [0.4, 0.5) is 5.69 Å². The van der Waals surface area contributed by atoms with Gasteiger partial charge in [0.15, 0.2) is 12.7 Å². The topological polar surface area (TPSA) is 151 Å². The van der Waals surface area contributed by atoms with Crippen molar-refractivity contribution in [1.29, 1.82) is 0 Å². The van der Waals surface area contributed by atoms with E-state index in [1.54, 1.807) is 31.2 Å². The van der Waals surface area contributed by atoms with Crippen LogP contribution in [0.1, 0.15) is 34.1 Å². The average molecular weight is 399 g/mol. The van der Waals surface area contributed by atoms with Gasteiger partial charge in [-0.05, 0) is 36.8 Å². The molecule has 2 aromatic carbocycles. The van der Waals surface area contributed by atoms with E-state index in [0.717, 1.165) is 0 Å². The molecule has 0 saturated carbocycles. The third-order valence-corrected chi connectivity index (χ3v) is 3.79. The molecule has 5 N–H and O–H groups in total. The molecule has 0 spiro atoms. The van der Waals surface area contributed by atoms with E-state index in [9.17, 15) is 19.2 Å². The smallest absolute Gasteiger partial charge is 0.347 e. The number of hydrogen-bond donors (Lipinski definition) is 3. The van der Waals surface area contributed by atoms with Gasteiger partial charge < -0.3 is 26.3 Å². The second-order valence-electron chi connectivity index (χ2n) is 6.01. The molecule has 2 rings (SSSR count). The standard InChI is InChI=1S/C20H21N3O6/c1-2-16(29-15-6-4-3-5-7-15)20(27)28-11-17(24)23-14-9-12(18(21)25)8-13(10-14)19(22)26/h3-10,16H,2,11H2,1H3,(H2,21,25)(H2,22,26)(H,23,24)/t16-/m0/s1. The van der Waals surface area contributed by atoms with E-state index in [2.05, 4.69) is 5.32 Å². The summed E-state index contributed by atoms with van der Waals surface area (Å²) in [6.07, 6.45) is -0.525. The van der Waals surface area contributed by atoms with Crippen molar-refractivity contribution in [3.05, 3.63) is 59.7 Å². The maximum Gasteiger partial charge on any atom is 0.347 e. The minimum absolute atomic E-state index is 0.00379.